The Morgan fingerprint density at radius 2 is 2.06 bits per heavy atom. The van der Waals surface area contributed by atoms with E-state index in [4.69, 9.17) is 15.6 Å². The quantitative estimate of drug-likeness (QED) is 0.773. The van der Waals surface area contributed by atoms with E-state index >= 15 is 0 Å². The SMILES string of the molecule is CCCCC(Oc1ccccc1C(N)=O)C(=O)O. The lowest BCUT2D eigenvalue weighted by molar-refractivity contribution is -0.145. The van der Waals surface area contributed by atoms with Crippen molar-refractivity contribution in [2.75, 3.05) is 0 Å². The second kappa shape index (κ2) is 6.64. The molecule has 1 unspecified atom stereocenters. The molecule has 0 heterocycles. The van der Waals surface area contributed by atoms with Crippen LogP contribution < -0.4 is 10.5 Å². The zero-order valence-corrected chi connectivity index (χ0v) is 10.3. The van der Waals surface area contributed by atoms with Crippen LogP contribution >= 0.6 is 0 Å². The normalized spacial score (nSPS) is 11.8. The third kappa shape index (κ3) is 3.76. The van der Waals surface area contributed by atoms with Gasteiger partial charge in [0.25, 0.3) is 5.91 Å². The molecule has 1 aromatic carbocycles. The molecule has 0 spiro atoms. The Morgan fingerprint density at radius 1 is 1.39 bits per heavy atom. The van der Waals surface area contributed by atoms with Crippen molar-refractivity contribution in [1.29, 1.82) is 0 Å². The summed E-state index contributed by atoms with van der Waals surface area (Å²) in [6.45, 7) is 1.97. The van der Waals surface area contributed by atoms with E-state index in [2.05, 4.69) is 0 Å². The number of benzene rings is 1. The molecule has 18 heavy (non-hydrogen) atoms. The van der Waals surface area contributed by atoms with Crippen molar-refractivity contribution in [1.82, 2.24) is 0 Å². The van der Waals surface area contributed by atoms with E-state index in [1.54, 1.807) is 18.2 Å². The summed E-state index contributed by atoms with van der Waals surface area (Å²) in [4.78, 5) is 22.2. The first-order valence-corrected chi connectivity index (χ1v) is 5.84. The average molecular weight is 251 g/mol. The third-order valence-electron chi connectivity index (χ3n) is 2.52. The smallest absolute Gasteiger partial charge is 0.344 e. The minimum Gasteiger partial charge on any atom is -0.479 e. The average Bonchev–Trinajstić information content (AvgIpc) is 2.34. The van der Waals surface area contributed by atoms with E-state index in [1.165, 1.54) is 6.07 Å². The van der Waals surface area contributed by atoms with Gasteiger partial charge in [-0.2, -0.15) is 0 Å². The number of amides is 1. The molecule has 0 aromatic heterocycles. The molecule has 0 fully saturated rings. The van der Waals surface area contributed by atoms with Gasteiger partial charge in [0.05, 0.1) is 5.56 Å². The highest BCUT2D eigenvalue weighted by atomic mass is 16.5. The minimum absolute atomic E-state index is 0.195. The van der Waals surface area contributed by atoms with Crippen LogP contribution in [0.25, 0.3) is 0 Å². The van der Waals surface area contributed by atoms with Crippen molar-refractivity contribution in [2.45, 2.75) is 32.3 Å². The van der Waals surface area contributed by atoms with Gasteiger partial charge in [0.15, 0.2) is 6.10 Å². The van der Waals surface area contributed by atoms with Gasteiger partial charge in [-0.25, -0.2) is 4.79 Å². The molecule has 1 rings (SSSR count). The number of ether oxygens (including phenoxy) is 1. The number of hydrogen-bond donors (Lipinski definition) is 2. The summed E-state index contributed by atoms with van der Waals surface area (Å²) in [6.07, 6.45) is 1.07. The molecule has 0 radical (unpaired) electrons. The van der Waals surface area contributed by atoms with Crippen LogP contribution in [0.4, 0.5) is 0 Å². The highest BCUT2D eigenvalue weighted by molar-refractivity contribution is 5.95. The van der Waals surface area contributed by atoms with Gasteiger partial charge in [-0.15, -0.1) is 0 Å². The number of hydrogen-bond acceptors (Lipinski definition) is 3. The highest BCUT2D eigenvalue weighted by Gasteiger charge is 2.20. The zero-order valence-electron chi connectivity index (χ0n) is 10.3. The van der Waals surface area contributed by atoms with Crippen LogP contribution in [0.2, 0.25) is 0 Å². The Bertz CT molecular complexity index is 431. The number of carboxylic acids is 1. The number of primary amides is 1. The number of rotatable bonds is 7. The van der Waals surface area contributed by atoms with Crippen LogP contribution in [0, 0.1) is 0 Å². The van der Waals surface area contributed by atoms with Gasteiger partial charge in [0.2, 0.25) is 0 Å². The maximum atomic E-state index is 11.2. The van der Waals surface area contributed by atoms with E-state index in [-0.39, 0.29) is 11.3 Å². The summed E-state index contributed by atoms with van der Waals surface area (Å²) in [5.74, 6) is -1.46. The second-order valence-corrected chi connectivity index (χ2v) is 3.95. The highest BCUT2D eigenvalue weighted by Crippen LogP contribution is 2.20. The molecule has 98 valence electrons. The summed E-state index contributed by atoms with van der Waals surface area (Å²) >= 11 is 0. The van der Waals surface area contributed by atoms with Gasteiger partial charge < -0.3 is 15.6 Å². The fourth-order valence-electron chi connectivity index (χ4n) is 1.55. The first-order valence-electron chi connectivity index (χ1n) is 5.84. The summed E-state index contributed by atoms with van der Waals surface area (Å²) in [5, 5.41) is 9.05. The first-order chi connectivity index (χ1) is 8.56. The van der Waals surface area contributed by atoms with Crippen molar-refractivity contribution < 1.29 is 19.4 Å². The lowest BCUT2D eigenvalue weighted by Gasteiger charge is -2.16. The van der Waals surface area contributed by atoms with Crippen LogP contribution in [-0.4, -0.2) is 23.1 Å². The van der Waals surface area contributed by atoms with Gasteiger partial charge in [-0.3, -0.25) is 4.79 Å². The molecular formula is C13H17NO4. The second-order valence-electron chi connectivity index (χ2n) is 3.95. The number of carboxylic acid groups (broad SMARTS) is 1. The maximum Gasteiger partial charge on any atom is 0.344 e. The minimum atomic E-state index is -1.04. The number of unbranched alkanes of at least 4 members (excludes halogenated alkanes) is 1. The zero-order chi connectivity index (χ0) is 13.5. The van der Waals surface area contributed by atoms with Gasteiger partial charge in [0, 0.05) is 0 Å². The van der Waals surface area contributed by atoms with Crippen LogP contribution in [0.1, 0.15) is 36.5 Å². The monoisotopic (exact) mass is 251 g/mol. The molecule has 0 bridgehead atoms. The fraction of sp³-hybridized carbons (Fsp3) is 0.385. The summed E-state index contributed by atoms with van der Waals surface area (Å²) in [6, 6.07) is 6.37. The lowest BCUT2D eigenvalue weighted by atomic mass is 10.1. The first kappa shape index (κ1) is 14.0. The Labute approximate surface area is 106 Å². The molecule has 3 N–H and O–H groups in total. The molecule has 0 saturated heterocycles. The van der Waals surface area contributed by atoms with Crippen molar-refractivity contribution in [2.24, 2.45) is 5.73 Å². The molecule has 0 aliphatic heterocycles. The van der Waals surface area contributed by atoms with Gasteiger partial charge in [0.1, 0.15) is 5.75 Å². The predicted molar refractivity (Wildman–Crippen MR) is 66.5 cm³/mol. The van der Waals surface area contributed by atoms with Gasteiger partial charge in [-0.1, -0.05) is 25.5 Å². The summed E-state index contributed by atoms with van der Waals surface area (Å²) in [7, 11) is 0. The Balaban J connectivity index is 2.86. The topological polar surface area (TPSA) is 89.6 Å². The van der Waals surface area contributed by atoms with E-state index < -0.39 is 18.0 Å². The lowest BCUT2D eigenvalue weighted by Crippen LogP contribution is -2.28. The Hall–Kier alpha value is -2.04. The molecule has 0 aliphatic rings. The number of carbonyl (C=O) groups is 2. The predicted octanol–water partition coefficient (Wildman–Crippen LogP) is 1.81. The molecule has 0 aliphatic carbocycles. The standard InChI is InChI=1S/C13H17NO4/c1-2-3-7-11(13(16)17)18-10-8-5-4-6-9(10)12(14)15/h4-6,8,11H,2-3,7H2,1H3,(H2,14,15)(H,16,17). The number of para-hydroxylation sites is 1. The van der Waals surface area contributed by atoms with E-state index in [1.807, 2.05) is 6.92 Å². The fourth-order valence-corrected chi connectivity index (χ4v) is 1.55. The third-order valence-corrected chi connectivity index (χ3v) is 2.52. The number of nitrogens with two attached hydrogens (primary N) is 1. The largest absolute Gasteiger partial charge is 0.479 e. The summed E-state index contributed by atoms with van der Waals surface area (Å²) < 4.78 is 5.37. The van der Waals surface area contributed by atoms with E-state index in [9.17, 15) is 9.59 Å². The summed E-state index contributed by atoms with van der Waals surface area (Å²) in [5.41, 5.74) is 5.39. The van der Waals surface area contributed by atoms with Crippen molar-refractivity contribution in [3.63, 3.8) is 0 Å². The van der Waals surface area contributed by atoms with Gasteiger partial charge >= 0.3 is 5.97 Å². The van der Waals surface area contributed by atoms with Gasteiger partial charge in [-0.05, 0) is 25.0 Å². The molecular weight excluding hydrogens is 234 g/mol. The van der Waals surface area contributed by atoms with Crippen LogP contribution in [0.5, 0.6) is 5.75 Å². The Morgan fingerprint density at radius 3 is 2.61 bits per heavy atom. The Kier molecular flexibility index (Phi) is 5.17. The van der Waals surface area contributed by atoms with Crippen molar-refractivity contribution in [3.05, 3.63) is 29.8 Å². The molecule has 0 saturated carbocycles. The number of aliphatic carboxylic acids is 1. The molecule has 5 nitrogen and oxygen atoms in total. The molecule has 1 amide bonds. The number of carbonyl (C=O) groups excluding carboxylic acids is 1. The molecule has 1 aromatic rings. The van der Waals surface area contributed by atoms with Crippen molar-refractivity contribution >= 4 is 11.9 Å². The van der Waals surface area contributed by atoms with E-state index in [0.717, 1.165) is 12.8 Å². The van der Waals surface area contributed by atoms with E-state index in [0.29, 0.717) is 6.42 Å². The molecule has 1 atom stereocenters. The van der Waals surface area contributed by atoms with Crippen LogP contribution in [0.15, 0.2) is 24.3 Å². The maximum absolute atomic E-state index is 11.2. The van der Waals surface area contributed by atoms with Crippen LogP contribution in [0.3, 0.4) is 0 Å². The molecule has 5 heteroatoms. The van der Waals surface area contributed by atoms with Crippen molar-refractivity contribution in [3.8, 4) is 5.75 Å². The van der Waals surface area contributed by atoms with Crippen LogP contribution in [-0.2, 0) is 4.79 Å².